The molecular weight excluding hydrogens is 400 g/mol. The van der Waals surface area contributed by atoms with Gasteiger partial charge in [-0.2, -0.15) is 4.31 Å². The van der Waals surface area contributed by atoms with Gasteiger partial charge in [0.15, 0.2) is 0 Å². The average Bonchev–Trinajstić information content (AvgIpc) is 2.68. The fourth-order valence-corrected chi connectivity index (χ4v) is 4.77. The fraction of sp³-hybridized carbons (Fsp3) is 0.350. The summed E-state index contributed by atoms with van der Waals surface area (Å²) in [6.07, 6.45) is 1.74. The Morgan fingerprint density at radius 3 is 2.39 bits per heavy atom. The van der Waals surface area contributed by atoms with Crippen molar-refractivity contribution in [2.75, 3.05) is 25.5 Å². The van der Waals surface area contributed by atoms with E-state index in [-0.39, 0.29) is 10.8 Å². The van der Waals surface area contributed by atoms with Crippen LogP contribution in [0.25, 0.3) is 0 Å². The molecule has 28 heavy (non-hydrogen) atoms. The van der Waals surface area contributed by atoms with E-state index in [0.717, 1.165) is 12.8 Å². The van der Waals surface area contributed by atoms with Crippen LogP contribution in [0.1, 0.15) is 30.1 Å². The number of hydrogen-bond acceptors (Lipinski definition) is 4. The summed E-state index contributed by atoms with van der Waals surface area (Å²) in [5, 5.41) is 3.21. The molecule has 3 rings (SSSR count). The lowest BCUT2D eigenvalue weighted by atomic mass is 10.0. The van der Waals surface area contributed by atoms with E-state index in [1.54, 1.807) is 30.3 Å². The molecule has 1 amide bonds. The number of carbonyl (C=O) groups is 1. The number of methoxy groups -OCH3 is 1. The van der Waals surface area contributed by atoms with Gasteiger partial charge in [-0.25, -0.2) is 8.42 Å². The van der Waals surface area contributed by atoms with E-state index in [2.05, 4.69) is 12.2 Å². The Bertz CT molecular complexity index is 953. The van der Waals surface area contributed by atoms with Crippen LogP contribution in [0, 0.1) is 5.92 Å². The summed E-state index contributed by atoms with van der Waals surface area (Å²) in [7, 11) is -2.05. The van der Waals surface area contributed by atoms with Gasteiger partial charge in [0.25, 0.3) is 5.91 Å². The van der Waals surface area contributed by atoms with Gasteiger partial charge in [-0.1, -0.05) is 18.5 Å². The van der Waals surface area contributed by atoms with E-state index < -0.39 is 10.0 Å². The molecule has 0 atom stereocenters. The summed E-state index contributed by atoms with van der Waals surface area (Å²) < 4.78 is 32.3. The van der Waals surface area contributed by atoms with Crippen molar-refractivity contribution in [2.24, 2.45) is 5.92 Å². The van der Waals surface area contributed by atoms with Crippen molar-refractivity contribution >= 4 is 33.2 Å². The van der Waals surface area contributed by atoms with Crippen LogP contribution >= 0.6 is 11.6 Å². The molecule has 0 spiro atoms. The number of piperidine rings is 1. The van der Waals surface area contributed by atoms with E-state index in [1.807, 2.05) is 0 Å². The molecule has 0 aliphatic carbocycles. The number of hydrogen-bond donors (Lipinski definition) is 1. The highest BCUT2D eigenvalue weighted by molar-refractivity contribution is 7.89. The lowest BCUT2D eigenvalue weighted by molar-refractivity contribution is 0.102. The van der Waals surface area contributed by atoms with Crippen LogP contribution in [0.15, 0.2) is 47.4 Å². The third-order valence-corrected chi connectivity index (χ3v) is 7.05. The van der Waals surface area contributed by atoms with Gasteiger partial charge in [0.2, 0.25) is 10.0 Å². The van der Waals surface area contributed by atoms with Crippen molar-refractivity contribution in [1.82, 2.24) is 4.31 Å². The van der Waals surface area contributed by atoms with E-state index in [4.69, 9.17) is 16.3 Å². The van der Waals surface area contributed by atoms with Gasteiger partial charge in [0.05, 0.1) is 17.6 Å². The van der Waals surface area contributed by atoms with E-state index >= 15 is 0 Å². The summed E-state index contributed by atoms with van der Waals surface area (Å²) in [4.78, 5) is 12.7. The minimum atomic E-state index is -3.51. The largest absolute Gasteiger partial charge is 0.496 e. The predicted octanol–water partition coefficient (Wildman–Crippen LogP) is 4.02. The summed E-state index contributed by atoms with van der Waals surface area (Å²) >= 11 is 5.92. The summed E-state index contributed by atoms with van der Waals surface area (Å²) in [5.74, 6) is 0.548. The maximum Gasteiger partial charge on any atom is 0.259 e. The molecule has 1 saturated heterocycles. The van der Waals surface area contributed by atoms with Gasteiger partial charge in [0.1, 0.15) is 5.75 Å². The van der Waals surface area contributed by atoms with Crippen molar-refractivity contribution in [3.63, 3.8) is 0 Å². The molecule has 1 aliphatic heterocycles. The molecule has 0 bridgehead atoms. The van der Waals surface area contributed by atoms with E-state index in [9.17, 15) is 13.2 Å². The quantitative estimate of drug-likeness (QED) is 0.789. The fourth-order valence-electron chi connectivity index (χ4n) is 3.14. The van der Waals surface area contributed by atoms with Gasteiger partial charge in [0, 0.05) is 23.8 Å². The first kappa shape index (κ1) is 20.6. The average molecular weight is 423 g/mol. The van der Waals surface area contributed by atoms with Crippen LogP contribution in [-0.4, -0.2) is 38.8 Å². The van der Waals surface area contributed by atoms with Gasteiger partial charge in [-0.15, -0.1) is 0 Å². The van der Waals surface area contributed by atoms with Crippen molar-refractivity contribution in [3.05, 3.63) is 53.1 Å². The number of carbonyl (C=O) groups excluding carboxylic acids is 1. The molecule has 0 radical (unpaired) electrons. The Morgan fingerprint density at radius 2 is 1.79 bits per heavy atom. The molecule has 0 unspecified atom stereocenters. The van der Waals surface area contributed by atoms with Crippen molar-refractivity contribution in [2.45, 2.75) is 24.7 Å². The summed E-state index contributed by atoms with van der Waals surface area (Å²) in [6.45, 7) is 3.22. The molecule has 6 nitrogen and oxygen atoms in total. The first-order valence-electron chi connectivity index (χ1n) is 9.06. The molecular formula is C20H23ClN2O4S. The molecule has 1 aliphatic rings. The van der Waals surface area contributed by atoms with Crippen LogP contribution in [0.3, 0.4) is 0 Å². The monoisotopic (exact) mass is 422 g/mol. The minimum absolute atomic E-state index is 0.226. The van der Waals surface area contributed by atoms with Crippen LogP contribution in [-0.2, 0) is 10.0 Å². The zero-order valence-electron chi connectivity index (χ0n) is 15.8. The van der Waals surface area contributed by atoms with Gasteiger partial charge < -0.3 is 10.1 Å². The number of benzene rings is 2. The predicted molar refractivity (Wildman–Crippen MR) is 110 cm³/mol. The first-order chi connectivity index (χ1) is 13.3. The van der Waals surface area contributed by atoms with Crippen LogP contribution in [0.4, 0.5) is 5.69 Å². The smallest absolute Gasteiger partial charge is 0.259 e. The number of amides is 1. The number of anilines is 1. The van der Waals surface area contributed by atoms with Gasteiger partial charge in [-0.3, -0.25) is 4.79 Å². The standard InChI is InChI=1S/C20H23ClN2O4S/c1-14-9-11-23(12-10-14)28(25,26)17-6-4-16(5-7-17)22-20(24)18-8-3-15(21)13-19(18)27-2/h3-8,13-14H,9-12H2,1-2H3,(H,22,24). The normalized spacial score (nSPS) is 16.0. The molecule has 0 aromatic heterocycles. The van der Waals surface area contributed by atoms with E-state index in [0.29, 0.717) is 41.0 Å². The van der Waals surface area contributed by atoms with Crippen molar-refractivity contribution in [3.8, 4) is 5.75 Å². The van der Waals surface area contributed by atoms with Gasteiger partial charge in [-0.05, 0) is 61.2 Å². The number of ether oxygens (including phenoxy) is 1. The van der Waals surface area contributed by atoms with Gasteiger partial charge >= 0.3 is 0 Å². The van der Waals surface area contributed by atoms with Crippen LogP contribution in [0.2, 0.25) is 5.02 Å². The number of sulfonamides is 1. The molecule has 8 heteroatoms. The second kappa shape index (κ2) is 8.51. The molecule has 1 N–H and O–H groups in total. The maximum absolute atomic E-state index is 12.8. The Morgan fingerprint density at radius 1 is 1.14 bits per heavy atom. The Kier molecular flexibility index (Phi) is 6.27. The number of nitrogens with zero attached hydrogens (tertiary/aromatic N) is 1. The topological polar surface area (TPSA) is 75.7 Å². The molecule has 1 heterocycles. The molecule has 0 saturated carbocycles. The first-order valence-corrected chi connectivity index (χ1v) is 10.9. The summed E-state index contributed by atoms with van der Waals surface area (Å²) in [6, 6.07) is 10.9. The lowest BCUT2D eigenvalue weighted by Crippen LogP contribution is -2.37. The lowest BCUT2D eigenvalue weighted by Gasteiger charge is -2.29. The molecule has 2 aromatic rings. The molecule has 150 valence electrons. The van der Waals surface area contributed by atoms with Crippen molar-refractivity contribution in [1.29, 1.82) is 0 Å². The molecule has 2 aromatic carbocycles. The Hall–Kier alpha value is -2.09. The highest BCUT2D eigenvalue weighted by atomic mass is 35.5. The zero-order valence-corrected chi connectivity index (χ0v) is 17.4. The second-order valence-corrected chi connectivity index (χ2v) is 9.28. The zero-order chi connectivity index (χ0) is 20.3. The number of halogens is 1. The van der Waals surface area contributed by atoms with Crippen LogP contribution < -0.4 is 10.1 Å². The highest BCUT2D eigenvalue weighted by Crippen LogP contribution is 2.26. The van der Waals surface area contributed by atoms with Crippen LogP contribution in [0.5, 0.6) is 5.75 Å². The second-order valence-electron chi connectivity index (χ2n) is 6.91. The molecule has 1 fully saturated rings. The third-order valence-electron chi connectivity index (χ3n) is 4.90. The Balaban J connectivity index is 1.73. The number of nitrogens with one attached hydrogen (secondary N) is 1. The highest BCUT2D eigenvalue weighted by Gasteiger charge is 2.28. The minimum Gasteiger partial charge on any atom is -0.496 e. The van der Waals surface area contributed by atoms with Crippen molar-refractivity contribution < 1.29 is 17.9 Å². The number of rotatable bonds is 5. The SMILES string of the molecule is COc1cc(Cl)ccc1C(=O)Nc1ccc(S(=O)(=O)N2CCC(C)CC2)cc1. The Labute approximate surface area is 170 Å². The maximum atomic E-state index is 12.8. The van der Waals surface area contributed by atoms with E-state index in [1.165, 1.54) is 23.5 Å². The summed E-state index contributed by atoms with van der Waals surface area (Å²) in [5.41, 5.74) is 0.833. The third kappa shape index (κ3) is 4.48.